The van der Waals surface area contributed by atoms with Gasteiger partial charge in [-0.05, 0) is 44.0 Å². The summed E-state index contributed by atoms with van der Waals surface area (Å²) in [5, 5.41) is 5.42. The van der Waals surface area contributed by atoms with Crippen molar-refractivity contribution >= 4 is 22.9 Å². The first-order chi connectivity index (χ1) is 8.56. The van der Waals surface area contributed by atoms with Crippen LogP contribution in [-0.4, -0.2) is 4.98 Å². The molecule has 0 bridgehead atoms. The normalized spacial score (nSPS) is 12.7. The Hall–Kier alpha value is -0.900. The molecule has 1 atom stereocenters. The third kappa shape index (κ3) is 3.31. The van der Waals surface area contributed by atoms with Crippen LogP contribution < -0.4 is 5.32 Å². The molecule has 0 aliphatic rings. The molecule has 0 fully saturated rings. The summed E-state index contributed by atoms with van der Waals surface area (Å²) >= 11 is 7.69. The van der Waals surface area contributed by atoms with E-state index in [0.717, 1.165) is 16.6 Å². The Morgan fingerprint density at radius 2 is 2.17 bits per heavy atom. The summed E-state index contributed by atoms with van der Waals surface area (Å²) in [6, 6.07) is 6.28. The van der Waals surface area contributed by atoms with Crippen molar-refractivity contribution in [3.8, 4) is 0 Å². The molecule has 0 radical (unpaired) electrons. The van der Waals surface area contributed by atoms with E-state index in [4.69, 9.17) is 11.6 Å². The highest BCUT2D eigenvalue weighted by atomic mass is 35.5. The summed E-state index contributed by atoms with van der Waals surface area (Å²) in [4.78, 5) is 5.65. The first-order valence-corrected chi connectivity index (χ1v) is 7.16. The van der Waals surface area contributed by atoms with Crippen molar-refractivity contribution in [2.45, 2.75) is 33.4 Å². The molecule has 0 aliphatic carbocycles. The van der Waals surface area contributed by atoms with Gasteiger partial charge in [-0.15, -0.1) is 11.3 Å². The predicted molar refractivity (Wildman–Crippen MR) is 78.3 cm³/mol. The lowest BCUT2D eigenvalue weighted by Crippen LogP contribution is -2.18. The summed E-state index contributed by atoms with van der Waals surface area (Å²) in [7, 11) is 0. The minimum Gasteiger partial charge on any atom is -0.304 e. The van der Waals surface area contributed by atoms with Gasteiger partial charge in [-0.2, -0.15) is 0 Å². The summed E-state index contributed by atoms with van der Waals surface area (Å²) < 4.78 is 0. The highest BCUT2D eigenvalue weighted by molar-refractivity contribution is 7.11. The van der Waals surface area contributed by atoms with E-state index in [1.165, 1.54) is 16.0 Å². The molecule has 0 amide bonds. The van der Waals surface area contributed by atoms with Crippen molar-refractivity contribution in [1.82, 2.24) is 10.3 Å². The molecule has 1 unspecified atom stereocenters. The molecule has 0 saturated heterocycles. The van der Waals surface area contributed by atoms with E-state index < -0.39 is 0 Å². The van der Waals surface area contributed by atoms with Crippen molar-refractivity contribution in [3.05, 3.63) is 50.4 Å². The maximum absolute atomic E-state index is 5.95. The lowest BCUT2D eigenvalue weighted by Gasteiger charge is -2.12. The topological polar surface area (TPSA) is 24.9 Å². The van der Waals surface area contributed by atoms with Gasteiger partial charge in [0.25, 0.3) is 0 Å². The van der Waals surface area contributed by atoms with Gasteiger partial charge >= 0.3 is 0 Å². The smallest absolute Gasteiger partial charge is 0.109 e. The number of benzene rings is 1. The molecule has 2 nitrogen and oxygen atoms in total. The monoisotopic (exact) mass is 280 g/mol. The average molecular weight is 281 g/mol. The number of thiazole rings is 1. The van der Waals surface area contributed by atoms with Gasteiger partial charge < -0.3 is 5.32 Å². The molecule has 0 aliphatic heterocycles. The first-order valence-electron chi connectivity index (χ1n) is 5.97. The van der Waals surface area contributed by atoms with E-state index in [9.17, 15) is 0 Å². The molecule has 1 aromatic heterocycles. The van der Waals surface area contributed by atoms with E-state index in [1.807, 2.05) is 18.3 Å². The minimum atomic E-state index is 0.277. The molecule has 0 spiro atoms. The third-order valence-corrected chi connectivity index (χ3v) is 4.24. The number of halogens is 1. The molecule has 1 N–H and O–H groups in total. The van der Waals surface area contributed by atoms with Crippen molar-refractivity contribution < 1.29 is 0 Å². The fourth-order valence-electron chi connectivity index (χ4n) is 1.78. The second kappa shape index (κ2) is 5.83. The Balaban J connectivity index is 1.99. The second-order valence-electron chi connectivity index (χ2n) is 4.48. The van der Waals surface area contributed by atoms with E-state index >= 15 is 0 Å². The van der Waals surface area contributed by atoms with Gasteiger partial charge in [0.2, 0.25) is 0 Å². The fourth-order valence-corrected chi connectivity index (χ4v) is 2.81. The zero-order valence-corrected chi connectivity index (χ0v) is 12.4. The Morgan fingerprint density at radius 3 is 2.78 bits per heavy atom. The highest BCUT2D eigenvalue weighted by Gasteiger charge is 2.09. The predicted octanol–water partition coefficient (Wildman–Crippen LogP) is 4.26. The number of hydrogen-bond donors (Lipinski definition) is 1. The number of nitrogens with one attached hydrogen (secondary N) is 1. The van der Waals surface area contributed by atoms with Crippen LogP contribution in [0.1, 0.15) is 34.0 Å². The highest BCUT2D eigenvalue weighted by Crippen LogP contribution is 2.20. The summed E-state index contributed by atoms with van der Waals surface area (Å²) in [5.41, 5.74) is 2.50. The van der Waals surface area contributed by atoms with E-state index in [0.29, 0.717) is 0 Å². The molecular weight excluding hydrogens is 264 g/mol. The van der Waals surface area contributed by atoms with Crippen LogP contribution in [0.2, 0.25) is 5.02 Å². The molecule has 2 aromatic rings. The Morgan fingerprint density at radius 1 is 1.39 bits per heavy atom. The number of rotatable bonds is 4. The lowest BCUT2D eigenvalue weighted by atomic mass is 10.1. The quantitative estimate of drug-likeness (QED) is 0.905. The van der Waals surface area contributed by atoms with Crippen molar-refractivity contribution in [2.75, 3.05) is 0 Å². The van der Waals surface area contributed by atoms with Gasteiger partial charge in [0.05, 0.1) is 6.04 Å². The largest absolute Gasteiger partial charge is 0.304 e. The van der Waals surface area contributed by atoms with Gasteiger partial charge in [0.1, 0.15) is 5.01 Å². The molecule has 1 heterocycles. The van der Waals surface area contributed by atoms with Crippen LogP contribution in [0.5, 0.6) is 0 Å². The summed E-state index contributed by atoms with van der Waals surface area (Å²) in [6.07, 6.45) is 1.92. The molecule has 96 valence electrons. The molecule has 0 saturated carbocycles. The molecule has 2 rings (SSSR count). The fraction of sp³-hybridized carbons (Fsp3) is 0.357. The summed E-state index contributed by atoms with van der Waals surface area (Å²) in [5.74, 6) is 0. The first kappa shape index (κ1) is 13.5. The van der Waals surface area contributed by atoms with E-state index in [2.05, 4.69) is 37.1 Å². The van der Waals surface area contributed by atoms with Gasteiger partial charge in [-0.3, -0.25) is 0 Å². The molecular formula is C14H17ClN2S. The van der Waals surface area contributed by atoms with E-state index in [-0.39, 0.29) is 6.04 Å². The van der Waals surface area contributed by atoms with Crippen LogP contribution in [0.3, 0.4) is 0 Å². The van der Waals surface area contributed by atoms with Crippen molar-refractivity contribution in [3.63, 3.8) is 0 Å². The third-order valence-electron chi connectivity index (χ3n) is 2.91. The minimum absolute atomic E-state index is 0.277. The maximum atomic E-state index is 5.95. The SMILES string of the molecule is Cc1cnc(C(C)NCc2ccc(Cl)cc2C)s1. The van der Waals surface area contributed by atoms with Gasteiger partial charge in [-0.1, -0.05) is 17.7 Å². The number of nitrogens with zero attached hydrogens (tertiary/aromatic N) is 1. The van der Waals surface area contributed by atoms with Crippen molar-refractivity contribution in [2.24, 2.45) is 0 Å². The Kier molecular flexibility index (Phi) is 4.38. The van der Waals surface area contributed by atoms with Crippen LogP contribution in [0.25, 0.3) is 0 Å². The Labute approximate surface area is 117 Å². The average Bonchev–Trinajstić information content (AvgIpc) is 2.74. The Bertz CT molecular complexity index is 536. The lowest BCUT2D eigenvalue weighted by molar-refractivity contribution is 0.570. The van der Waals surface area contributed by atoms with Crippen LogP contribution in [-0.2, 0) is 6.54 Å². The number of aryl methyl sites for hydroxylation is 2. The van der Waals surface area contributed by atoms with Crippen LogP contribution in [0.4, 0.5) is 0 Å². The molecule has 4 heteroatoms. The van der Waals surface area contributed by atoms with E-state index in [1.54, 1.807) is 11.3 Å². The standard InChI is InChI=1S/C14H17ClN2S/c1-9-6-13(15)5-4-12(9)8-16-11(3)14-17-7-10(2)18-14/h4-7,11,16H,8H2,1-3H3. The molecule has 18 heavy (non-hydrogen) atoms. The molecule has 1 aromatic carbocycles. The number of hydrogen-bond acceptors (Lipinski definition) is 3. The second-order valence-corrected chi connectivity index (χ2v) is 6.19. The van der Waals surface area contributed by atoms with Crippen molar-refractivity contribution in [1.29, 1.82) is 0 Å². The van der Waals surface area contributed by atoms with Crippen LogP contribution in [0.15, 0.2) is 24.4 Å². The number of aromatic nitrogens is 1. The van der Waals surface area contributed by atoms with Gasteiger partial charge in [-0.25, -0.2) is 4.98 Å². The zero-order chi connectivity index (χ0) is 13.1. The van der Waals surface area contributed by atoms with Crippen LogP contribution in [0, 0.1) is 13.8 Å². The summed E-state index contributed by atoms with van der Waals surface area (Å²) in [6.45, 7) is 7.14. The van der Waals surface area contributed by atoms with Gasteiger partial charge in [0, 0.05) is 22.6 Å². The van der Waals surface area contributed by atoms with Gasteiger partial charge in [0.15, 0.2) is 0 Å². The van der Waals surface area contributed by atoms with Crippen LogP contribution >= 0.6 is 22.9 Å². The maximum Gasteiger partial charge on any atom is 0.109 e. The zero-order valence-electron chi connectivity index (χ0n) is 10.8.